The first kappa shape index (κ1) is 12.7. The van der Waals surface area contributed by atoms with Gasteiger partial charge in [-0.15, -0.1) is 0 Å². The Kier molecular flexibility index (Phi) is 3.42. The third-order valence-electron chi connectivity index (χ3n) is 3.39. The van der Waals surface area contributed by atoms with Gasteiger partial charge in [-0.25, -0.2) is 4.98 Å². The molecule has 0 aliphatic heterocycles. The van der Waals surface area contributed by atoms with Crippen LogP contribution < -0.4 is 5.32 Å². The predicted octanol–water partition coefficient (Wildman–Crippen LogP) is 4.16. The largest absolute Gasteiger partial charge is 0.355 e. The molecule has 20 heavy (non-hydrogen) atoms. The SMILES string of the molecule is CCCNc1nc(C)cn1-c1cccc2ccccc12. The fourth-order valence-electron chi connectivity index (χ4n) is 2.46. The molecule has 102 valence electrons. The van der Waals surface area contributed by atoms with E-state index in [1.807, 2.05) is 6.92 Å². The van der Waals surface area contributed by atoms with Crippen molar-refractivity contribution in [3.05, 3.63) is 54.4 Å². The molecule has 2 aromatic carbocycles. The molecular formula is C17H19N3. The van der Waals surface area contributed by atoms with E-state index in [1.54, 1.807) is 0 Å². The van der Waals surface area contributed by atoms with E-state index in [9.17, 15) is 0 Å². The van der Waals surface area contributed by atoms with Crippen molar-refractivity contribution in [3.8, 4) is 5.69 Å². The van der Waals surface area contributed by atoms with Crippen LogP contribution in [0.15, 0.2) is 48.7 Å². The van der Waals surface area contributed by atoms with Crippen LogP contribution in [0.1, 0.15) is 19.0 Å². The van der Waals surface area contributed by atoms with Crippen LogP contribution in [0.2, 0.25) is 0 Å². The van der Waals surface area contributed by atoms with Gasteiger partial charge in [0.05, 0.1) is 11.4 Å². The number of nitrogens with zero attached hydrogens (tertiary/aromatic N) is 2. The average molecular weight is 265 g/mol. The standard InChI is InChI=1S/C17H19N3/c1-3-11-18-17-19-13(2)12-20(17)16-10-6-8-14-7-4-5-9-15(14)16/h4-10,12H,3,11H2,1-2H3,(H,18,19). The molecule has 3 heteroatoms. The van der Waals surface area contributed by atoms with E-state index >= 15 is 0 Å². The van der Waals surface area contributed by atoms with E-state index in [1.165, 1.54) is 16.5 Å². The van der Waals surface area contributed by atoms with Gasteiger partial charge >= 0.3 is 0 Å². The van der Waals surface area contributed by atoms with Crippen LogP contribution in [-0.4, -0.2) is 16.1 Å². The quantitative estimate of drug-likeness (QED) is 0.767. The Balaban J connectivity index is 2.15. The van der Waals surface area contributed by atoms with E-state index in [2.05, 4.69) is 70.5 Å². The summed E-state index contributed by atoms with van der Waals surface area (Å²) in [5.41, 5.74) is 2.19. The fraction of sp³-hybridized carbons (Fsp3) is 0.235. The van der Waals surface area contributed by atoms with Gasteiger partial charge in [-0.2, -0.15) is 0 Å². The van der Waals surface area contributed by atoms with Crippen molar-refractivity contribution in [2.45, 2.75) is 20.3 Å². The second kappa shape index (κ2) is 5.37. The molecule has 1 heterocycles. The van der Waals surface area contributed by atoms with Gasteiger partial charge in [0.25, 0.3) is 0 Å². The van der Waals surface area contributed by atoms with Gasteiger partial charge in [0.2, 0.25) is 5.95 Å². The number of anilines is 1. The Morgan fingerprint density at radius 1 is 1.10 bits per heavy atom. The highest BCUT2D eigenvalue weighted by Gasteiger charge is 2.09. The van der Waals surface area contributed by atoms with Crippen molar-refractivity contribution in [2.75, 3.05) is 11.9 Å². The van der Waals surface area contributed by atoms with Crippen molar-refractivity contribution in [3.63, 3.8) is 0 Å². The molecule has 0 bridgehead atoms. The maximum Gasteiger partial charge on any atom is 0.207 e. The molecule has 0 unspecified atom stereocenters. The van der Waals surface area contributed by atoms with Gasteiger partial charge in [-0.05, 0) is 24.8 Å². The number of aryl methyl sites for hydroxylation is 1. The second-order valence-electron chi connectivity index (χ2n) is 5.00. The predicted molar refractivity (Wildman–Crippen MR) is 84.6 cm³/mol. The van der Waals surface area contributed by atoms with Crippen LogP contribution in [0.5, 0.6) is 0 Å². The van der Waals surface area contributed by atoms with Crippen molar-refractivity contribution in [1.29, 1.82) is 0 Å². The van der Waals surface area contributed by atoms with E-state index in [4.69, 9.17) is 0 Å². The zero-order valence-corrected chi connectivity index (χ0v) is 11.9. The van der Waals surface area contributed by atoms with Crippen LogP contribution in [-0.2, 0) is 0 Å². The number of benzene rings is 2. The van der Waals surface area contributed by atoms with E-state index in [0.717, 1.165) is 24.6 Å². The third kappa shape index (κ3) is 2.27. The van der Waals surface area contributed by atoms with Crippen molar-refractivity contribution in [2.24, 2.45) is 0 Å². The van der Waals surface area contributed by atoms with Gasteiger partial charge in [-0.3, -0.25) is 4.57 Å². The van der Waals surface area contributed by atoms with Gasteiger partial charge in [0, 0.05) is 18.1 Å². The molecule has 0 aliphatic carbocycles. The van der Waals surface area contributed by atoms with E-state index in [0.29, 0.717) is 0 Å². The molecule has 1 N–H and O–H groups in total. The Morgan fingerprint density at radius 2 is 1.90 bits per heavy atom. The van der Waals surface area contributed by atoms with Crippen molar-refractivity contribution in [1.82, 2.24) is 9.55 Å². The maximum absolute atomic E-state index is 4.58. The Hall–Kier alpha value is -2.29. The fourth-order valence-corrected chi connectivity index (χ4v) is 2.46. The number of hydrogen-bond acceptors (Lipinski definition) is 2. The van der Waals surface area contributed by atoms with Crippen LogP contribution >= 0.6 is 0 Å². The van der Waals surface area contributed by atoms with Gasteiger partial charge in [-0.1, -0.05) is 43.3 Å². The highest BCUT2D eigenvalue weighted by Crippen LogP contribution is 2.25. The summed E-state index contributed by atoms with van der Waals surface area (Å²) in [7, 11) is 0. The highest BCUT2D eigenvalue weighted by molar-refractivity contribution is 5.90. The summed E-state index contributed by atoms with van der Waals surface area (Å²) < 4.78 is 2.15. The number of fused-ring (bicyclic) bond motifs is 1. The monoisotopic (exact) mass is 265 g/mol. The maximum atomic E-state index is 4.58. The molecule has 1 aromatic heterocycles. The summed E-state index contributed by atoms with van der Waals surface area (Å²) in [6, 6.07) is 14.8. The van der Waals surface area contributed by atoms with E-state index < -0.39 is 0 Å². The molecule has 0 radical (unpaired) electrons. The lowest BCUT2D eigenvalue weighted by molar-refractivity contribution is 0.938. The first-order valence-electron chi connectivity index (χ1n) is 7.07. The smallest absolute Gasteiger partial charge is 0.207 e. The molecule has 3 rings (SSSR count). The molecular weight excluding hydrogens is 246 g/mol. The lowest BCUT2D eigenvalue weighted by Crippen LogP contribution is -2.06. The highest BCUT2D eigenvalue weighted by atomic mass is 15.2. The number of hydrogen-bond donors (Lipinski definition) is 1. The summed E-state index contributed by atoms with van der Waals surface area (Å²) in [6.45, 7) is 5.12. The summed E-state index contributed by atoms with van der Waals surface area (Å²) in [5, 5.41) is 5.89. The number of rotatable bonds is 4. The van der Waals surface area contributed by atoms with E-state index in [-0.39, 0.29) is 0 Å². The minimum Gasteiger partial charge on any atom is -0.355 e. The third-order valence-corrected chi connectivity index (χ3v) is 3.39. The first-order chi connectivity index (χ1) is 9.79. The average Bonchev–Trinajstić information content (AvgIpc) is 2.85. The molecule has 3 aromatic rings. The van der Waals surface area contributed by atoms with Crippen LogP contribution in [0.4, 0.5) is 5.95 Å². The second-order valence-corrected chi connectivity index (χ2v) is 5.00. The minimum atomic E-state index is 0.917. The van der Waals surface area contributed by atoms with Crippen molar-refractivity contribution < 1.29 is 0 Å². The van der Waals surface area contributed by atoms with Crippen LogP contribution in [0.3, 0.4) is 0 Å². The zero-order chi connectivity index (χ0) is 13.9. The van der Waals surface area contributed by atoms with Gasteiger partial charge in [0.15, 0.2) is 0 Å². The normalized spacial score (nSPS) is 10.9. The summed E-state index contributed by atoms with van der Waals surface area (Å²) >= 11 is 0. The van der Waals surface area contributed by atoms with Gasteiger partial charge < -0.3 is 5.32 Å². The molecule has 0 fully saturated rings. The summed E-state index contributed by atoms with van der Waals surface area (Å²) in [5.74, 6) is 0.917. The zero-order valence-electron chi connectivity index (χ0n) is 11.9. The topological polar surface area (TPSA) is 29.9 Å². The lowest BCUT2D eigenvalue weighted by Gasteiger charge is -2.11. The number of aromatic nitrogens is 2. The van der Waals surface area contributed by atoms with Crippen molar-refractivity contribution >= 4 is 16.7 Å². The Bertz CT molecular complexity index is 723. The Labute approximate surface area is 119 Å². The van der Waals surface area contributed by atoms with Crippen LogP contribution in [0, 0.1) is 6.92 Å². The molecule has 0 saturated carbocycles. The summed E-state index contributed by atoms with van der Waals surface area (Å²) in [6.07, 6.45) is 3.17. The first-order valence-corrected chi connectivity index (χ1v) is 7.07. The Morgan fingerprint density at radius 3 is 2.75 bits per heavy atom. The van der Waals surface area contributed by atoms with Crippen LogP contribution in [0.25, 0.3) is 16.5 Å². The lowest BCUT2D eigenvalue weighted by atomic mass is 10.1. The number of nitrogens with one attached hydrogen (secondary N) is 1. The summed E-state index contributed by atoms with van der Waals surface area (Å²) in [4.78, 5) is 4.58. The molecule has 0 atom stereocenters. The molecule has 0 amide bonds. The minimum absolute atomic E-state index is 0.917. The van der Waals surface area contributed by atoms with Gasteiger partial charge in [0.1, 0.15) is 0 Å². The molecule has 0 spiro atoms. The number of imidazole rings is 1. The molecule has 3 nitrogen and oxygen atoms in total. The molecule has 0 saturated heterocycles. The molecule has 0 aliphatic rings.